The number of nitrogens with two attached hydrogens (primary N) is 1. The maximum atomic E-state index is 11.3. The number of nitrogens with one attached hydrogen (secondary N) is 1. The average molecular weight is 334 g/mol. The van der Waals surface area contributed by atoms with Crippen LogP contribution in [0.25, 0.3) is 0 Å². The normalized spacial score (nSPS) is 17.9. The van der Waals surface area contributed by atoms with Crippen LogP contribution in [0.15, 0.2) is 29.3 Å². The van der Waals surface area contributed by atoms with Crippen molar-refractivity contribution >= 4 is 23.6 Å². The van der Waals surface area contributed by atoms with Gasteiger partial charge in [-0.15, -0.1) is 0 Å². The van der Waals surface area contributed by atoms with Crippen LogP contribution in [-0.4, -0.2) is 46.9 Å². The lowest BCUT2D eigenvalue weighted by atomic mass is 10.1. The number of primary amides is 1. The van der Waals surface area contributed by atoms with Crippen molar-refractivity contribution < 1.29 is 4.79 Å². The van der Waals surface area contributed by atoms with Crippen LogP contribution in [-0.2, 0) is 6.54 Å². The van der Waals surface area contributed by atoms with Crippen molar-refractivity contribution in [3.8, 4) is 0 Å². The number of amides is 1. The Labute approximate surface area is 142 Å². The second-order valence-corrected chi connectivity index (χ2v) is 8.07. The molecule has 1 fully saturated rings. The number of benzene rings is 1. The molecule has 126 valence electrons. The number of hydrogen-bond acceptors (Lipinski definition) is 3. The van der Waals surface area contributed by atoms with Gasteiger partial charge in [0, 0.05) is 35.7 Å². The van der Waals surface area contributed by atoms with Gasteiger partial charge in [-0.05, 0) is 38.5 Å². The van der Waals surface area contributed by atoms with Gasteiger partial charge in [0.2, 0.25) is 5.91 Å². The van der Waals surface area contributed by atoms with Gasteiger partial charge < -0.3 is 16.0 Å². The molecule has 0 spiro atoms. The standard InChI is InChI=1S/C17H26N4OS/c1-4-19-16(21-8-9-23-17(2,3)12-21)20-11-13-6-5-7-14(10-13)15(18)22/h5-7,10H,4,8-9,11-12H2,1-3H3,(H2,18,22)(H,19,20). The fraction of sp³-hybridized carbons (Fsp3) is 0.529. The van der Waals surface area contributed by atoms with Gasteiger partial charge in [-0.2, -0.15) is 11.8 Å². The molecule has 23 heavy (non-hydrogen) atoms. The van der Waals surface area contributed by atoms with E-state index in [9.17, 15) is 4.79 Å². The molecule has 1 heterocycles. The van der Waals surface area contributed by atoms with Gasteiger partial charge in [-0.25, -0.2) is 4.99 Å². The second kappa shape index (κ2) is 7.73. The number of carbonyl (C=O) groups excluding carboxylic acids is 1. The van der Waals surface area contributed by atoms with Crippen molar-refractivity contribution in [1.29, 1.82) is 0 Å². The van der Waals surface area contributed by atoms with Crippen LogP contribution >= 0.6 is 11.8 Å². The van der Waals surface area contributed by atoms with Crippen molar-refractivity contribution in [2.45, 2.75) is 32.1 Å². The summed E-state index contributed by atoms with van der Waals surface area (Å²) in [6, 6.07) is 7.35. The third-order valence-corrected chi connectivity index (χ3v) is 4.98. The lowest BCUT2D eigenvalue weighted by Crippen LogP contribution is -2.50. The van der Waals surface area contributed by atoms with E-state index >= 15 is 0 Å². The van der Waals surface area contributed by atoms with Crippen LogP contribution in [0.4, 0.5) is 0 Å². The van der Waals surface area contributed by atoms with E-state index in [4.69, 9.17) is 10.7 Å². The number of carbonyl (C=O) groups is 1. The predicted molar refractivity (Wildman–Crippen MR) is 97.9 cm³/mol. The van der Waals surface area contributed by atoms with Crippen LogP contribution in [0.5, 0.6) is 0 Å². The maximum absolute atomic E-state index is 11.3. The summed E-state index contributed by atoms with van der Waals surface area (Å²) in [5.74, 6) is 1.64. The molecule has 1 aromatic rings. The van der Waals surface area contributed by atoms with Crippen molar-refractivity contribution in [3.63, 3.8) is 0 Å². The molecule has 0 aliphatic carbocycles. The Morgan fingerprint density at radius 3 is 2.91 bits per heavy atom. The third-order valence-electron chi connectivity index (χ3n) is 3.68. The number of aliphatic imine (C=N–C) groups is 1. The molecule has 0 unspecified atom stereocenters. The summed E-state index contributed by atoms with van der Waals surface area (Å²) in [6.07, 6.45) is 0. The minimum atomic E-state index is -0.405. The summed E-state index contributed by atoms with van der Waals surface area (Å²) in [6.45, 7) is 9.96. The van der Waals surface area contributed by atoms with E-state index in [1.807, 2.05) is 30.0 Å². The van der Waals surface area contributed by atoms with E-state index in [1.165, 1.54) is 0 Å². The first-order chi connectivity index (χ1) is 10.9. The Bertz CT molecular complexity index is 586. The lowest BCUT2D eigenvalue weighted by Gasteiger charge is -2.39. The first-order valence-electron chi connectivity index (χ1n) is 7.97. The Hall–Kier alpha value is -1.69. The molecule has 2 rings (SSSR count). The highest BCUT2D eigenvalue weighted by atomic mass is 32.2. The molecular weight excluding hydrogens is 308 g/mol. The van der Waals surface area contributed by atoms with Crippen molar-refractivity contribution in [2.24, 2.45) is 10.7 Å². The fourth-order valence-electron chi connectivity index (χ4n) is 2.61. The lowest BCUT2D eigenvalue weighted by molar-refractivity contribution is 0.1000. The molecule has 0 bridgehead atoms. The fourth-order valence-corrected chi connectivity index (χ4v) is 3.72. The Kier molecular flexibility index (Phi) is 5.93. The Morgan fingerprint density at radius 2 is 2.26 bits per heavy atom. The third kappa shape index (κ3) is 5.16. The number of guanidine groups is 1. The topological polar surface area (TPSA) is 70.7 Å². The zero-order valence-corrected chi connectivity index (χ0v) is 14.9. The molecule has 1 aliphatic heterocycles. The number of hydrogen-bond donors (Lipinski definition) is 2. The molecule has 1 aliphatic rings. The number of rotatable bonds is 4. The minimum absolute atomic E-state index is 0.236. The SMILES string of the molecule is CCNC(=NCc1cccc(C(N)=O)c1)N1CCSC(C)(C)C1. The monoisotopic (exact) mass is 334 g/mol. The molecule has 1 amide bonds. The summed E-state index contributed by atoms with van der Waals surface area (Å²) >= 11 is 2.00. The van der Waals surface area contributed by atoms with Crippen LogP contribution in [0, 0.1) is 0 Å². The zero-order chi connectivity index (χ0) is 16.9. The smallest absolute Gasteiger partial charge is 0.248 e. The maximum Gasteiger partial charge on any atom is 0.248 e. The molecule has 0 atom stereocenters. The molecule has 0 aromatic heterocycles. The molecule has 0 saturated carbocycles. The van der Waals surface area contributed by atoms with Crippen molar-refractivity contribution in [2.75, 3.05) is 25.4 Å². The van der Waals surface area contributed by atoms with E-state index in [0.717, 1.165) is 36.9 Å². The van der Waals surface area contributed by atoms with Gasteiger partial charge in [0.15, 0.2) is 5.96 Å². The van der Waals surface area contributed by atoms with Crippen molar-refractivity contribution in [1.82, 2.24) is 10.2 Å². The first kappa shape index (κ1) is 17.7. The molecule has 3 N–H and O–H groups in total. The van der Waals surface area contributed by atoms with E-state index in [2.05, 4.69) is 31.0 Å². The summed E-state index contributed by atoms with van der Waals surface area (Å²) in [5.41, 5.74) is 6.85. The van der Waals surface area contributed by atoms with Crippen LogP contribution in [0.2, 0.25) is 0 Å². The first-order valence-corrected chi connectivity index (χ1v) is 8.96. The van der Waals surface area contributed by atoms with Gasteiger partial charge in [-0.3, -0.25) is 4.79 Å². The molecule has 5 nitrogen and oxygen atoms in total. The minimum Gasteiger partial charge on any atom is -0.366 e. The molecular formula is C17H26N4OS. The zero-order valence-electron chi connectivity index (χ0n) is 14.1. The van der Waals surface area contributed by atoms with E-state index in [1.54, 1.807) is 6.07 Å². The summed E-state index contributed by atoms with van der Waals surface area (Å²) in [7, 11) is 0. The highest BCUT2D eigenvalue weighted by Gasteiger charge is 2.28. The van der Waals surface area contributed by atoms with Crippen LogP contribution in [0.3, 0.4) is 0 Å². The largest absolute Gasteiger partial charge is 0.366 e. The van der Waals surface area contributed by atoms with Gasteiger partial charge in [0.25, 0.3) is 0 Å². The average Bonchev–Trinajstić information content (AvgIpc) is 2.50. The quantitative estimate of drug-likeness (QED) is 0.653. The van der Waals surface area contributed by atoms with Gasteiger partial charge in [0.05, 0.1) is 6.54 Å². The molecule has 6 heteroatoms. The van der Waals surface area contributed by atoms with Gasteiger partial charge in [-0.1, -0.05) is 12.1 Å². The summed E-state index contributed by atoms with van der Waals surface area (Å²) in [5, 5.41) is 3.37. The highest BCUT2D eigenvalue weighted by molar-refractivity contribution is 8.00. The van der Waals surface area contributed by atoms with Gasteiger partial charge >= 0.3 is 0 Å². The van der Waals surface area contributed by atoms with E-state index in [0.29, 0.717) is 12.1 Å². The van der Waals surface area contributed by atoms with E-state index in [-0.39, 0.29) is 4.75 Å². The number of nitrogens with zero attached hydrogens (tertiary/aromatic N) is 2. The Balaban J connectivity index is 2.12. The predicted octanol–water partition coefficient (Wildman–Crippen LogP) is 2.08. The van der Waals surface area contributed by atoms with Gasteiger partial charge in [0.1, 0.15) is 0 Å². The van der Waals surface area contributed by atoms with E-state index < -0.39 is 5.91 Å². The Morgan fingerprint density at radius 1 is 1.48 bits per heavy atom. The number of thioether (sulfide) groups is 1. The molecule has 1 saturated heterocycles. The van der Waals surface area contributed by atoms with Crippen molar-refractivity contribution in [3.05, 3.63) is 35.4 Å². The summed E-state index contributed by atoms with van der Waals surface area (Å²) in [4.78, 5) is 18.3. The molecule has 0 radical (unpaired) electrons. The second-order valence-electron chi connectivity index (χ2n) is 6.26. The highest BCUT2D eigenvalue weighted by Crippen LogP contribution is 2.29. The van der Waals surface area contributed by atoms with Crippen LogP contribution < -0.4 is 11.1 Å². The molecule has 1 aromatic carbocycles. The van der Waals surface area contributed by atoms with Crippen LogP contribution in [0.1, 0.15) is 36.7 Å². The summed E-state index contributed by atoms with van der Waals surface area (Å²) < 4.78 is 0.236.